The van der Waals surface area contributed by atoms with Crippen LogP contribution in [0.15, 0.2) is 30.9 Å². The Morgan fingerprint density at radius 3 is 3.15 bits per heavy atom. The third-order valence-electron chi connectivity index (χ3n) is 1.83. The van der Waals surface area contributed by atoms with Crippen LogP contribution < -0.4 is 0 Å². The van der Waals surface area contributed by atoms with Gasteiger partial charge in [-0.3, -0.25) is 0 Å². The minimum atomic E-state index is 0.797. The van der Waals surface area contributed by atoms with E-state index in [9.17, 15) is 0 Å². The summed E-state index contributed by atoms with van der Waals surface area (Å²) >= 11 is 2.28. The third kappa shape index (κ3) is 1.75. The van der Waals surface area contributed by atoms with Crippen molar-refractivity contribution in [1.82, 2.24) is 9.97 Å². The molecule has 0 aliphatic rings. The Balaban J connectivity index is 2.55. The standard InChI is InChI=1S/C10H9IN2/c1-2-3-10-12-8-5-4-7(11)6-9(8)13-10/h2,4-6H,1,3H2,(H,12,13). The predicted molar refractivity (Wildman–Crippen MR) is 62.7 cm³/mol. The third-order valence-corrected chi connectivity index (χ3v) is 2.50. The van der Waals surface area contributed by atoms with Crippen molar-refractivity contribution in [2.45, 2.75) is 6.42 Å². The van der Waals surface area contributed by atoms with Gasteiger partial charge in [0, 0.05) is 9.99 Å². The summed E-state index contributed by atoms with van der Waals surface area (Å²) in [6.07, 6.45) is 2.65. The summed E-state index contributed by atoms with van der Waals surface area (Å²) in [6, 6.07) is 6.19. The van der Waals surface area contributed by atoms with Gasteiger partial charge in [-0.05, 0) is 40.8 Å². The molecule has 0 aliphatic heterocycles. The van der Waals surface area contributed by atoms with Crippen molar-refractivity contribution in [3.63, 3.8) is 0 Å². The molecule has 66 valence electrons. The maximum atomic E-state index is 4.43. The van der Waals surface area contributed by atoms with Crippen molar-refractivity contribution in [2.75, 3.05) is 0 Å². The highest BCUT2D eigenvalue weighted by atomic mass is 127. The van der Waals surface area contributed by atoms with Crippen LogP contribution in [-0.4, -0.2) is 9.97 Å². The molecule has 0 amide bonds. The molecule has 0 saturated carbocycles. The van der Waals surface area contributed by atoms with Crippen LogP contribution >= 0.6 is 22.6 Å². The molecule has 0 atom stereocenters. The molecule has 0 aliphatic carbocycles. The summed E-state index contributed by atoms with van der Waals surface area (Å²) < 4.78 is 1.21. The fourth-order valence-corrected chi connectivity index (χ4v) is 1.74. The van der Waals surface area contributed by atoms with Crippen molar-refractivity contribution in [2.24, 2.45) is 0 Å². The fraction of sp³-hybridized carbons (Fsp3) is 0.100. The van der Waals surface area contributed by atoms with Crippen LogP contribution in [0.5, 0.6) is 0 Å². The van der Waals surface area contributed by atoms with E-state index < -0.39 is 0 Å². The molecule has 1 aromatic heterocycles. The number of halogens is 1. The highest BCUT2D eigenvalue weighted by Gasteiger charge is 2.00. The lowest BCUT2D eigenvalue weighted by Gasteiger charge is -1.87. The van der Waals surface area contributed by atoms with E-state index in [2.05, 4.69) is 57.3 Å². The molecule has 0 bridgehead atoms. The van der Waals surface area contributed by atoms with Gasteiger partial charge in [-0.25, -0.2) is 4.98 Å². The molecule has 0 radical (unpaired) electrons. The second-order valence-electron chi connectivity index (χ2n) is 2.84. The first kappa shape index (κ1) is 8.74. The normalized spacial score (nSPS) is 10.5. The molecule has 2 rings (SSSR count). The highest BCUT2D eigenvalue weighted by Crippen LogP contribution is 2.15. The lowest BCUT2D eigenvalue weighted by atomic mass is 10.3. The number of H-pyrrole nitrogens is 1. The number of nitrogens with one attached hydrogen (secondary N) is 1. The molecule has 1 heterocycles. The van der Waals surface area contributed by atoms with Gasteiger partial charge in [-0.2, -0.15) is 0 Å². The lowest BCUT2D eigenvalue weighted by Crippen LogP contribution is -1.81. The van der Waals surface area contributed by atoms with E-state index in [1.54, 1.807) is 0 Å². The molecule has 0 spiro atoms. The molecule has 1 N–H and O–H groups in total. The van der Waals surface area contributed by atoms with Crippen molar-refractivity contribution in [3.05, 3.63) is 40.2 Å². The van der Waals surface area contributed by atoms with Gasteiger partial charge in [-0.15, -0.1) is 6.58 Å². The van der Waals surface area contributed by atoms with Crippen molar-refractivity contribution < 1.29 is 0 Å². The van der Waals surface area contributed by atoms with Gasteiger partial charge in [0.05, 0.1) is 11.0 Å². The van der Waals surface area contributed by atoms with Gasteiger partial charge in [-0.1, -0.05) is 6.08 Å². The van der Waals surface area contributed by atoms with Gasteiger partial charge in [0.15, 0.2) is 0 Å². The van der Waals surface area contributed by atoms with Crippen LogP contribution in [0, 0.1) is 3.57 Å². The number of aromatic amines is 1. The smallest absolute Gasteiger partial charge is 0.111 e. The lowest BCUT2D eigenvalue weighted by molar-refractivity contribution is 1.07. The molecular formula is C10H9IN2. The molecule has 0 fully saturated rings. The number of imidazole rings is 1. The number of hydrogen-bond donors (Lipinski definition) is 1. The Kier molecular flexibility index (Phi) is 2.35. The number of fused-ring (bicyclic) bond motifs is 1. The second-order valence-corrected chi connectivity index (χ2v) is 4.08. The maximum absolute atomic E-state index is 4.43. The monoisotopic (exact) mass is 284 g/mol. The van der Waals surface area contributed by atoms with Crippen LogP contribution in [0.3, 0.4) is 0 Å². The average Bonchev–Trinajstić information content (AvgIpc) is 2.46. The zero-order valence-electron chi connectivity index (χ0n) is 7.05. The highest BCUT2D eigenvalue weighted by molar-refractivity contribution is 14.1. The molecular weight excluding hydrogens is 275 g/mol. The van der Waals surface area contributed by atoms with Gasteiger partial charge < -0.3 is 4.98 Å². The Hall–Kier alpha value is -0.840. The number of aromatic nitrogens is 2. The molecule has 3 heteroatoms. The molecule has 0 unspecified atom stereocenters. The number of rotatable bonds is 2. The first-order valence-corrected chi connectivity index (χ1v) is 5.12. The van der Waals surface area contributed by atoms with Gasteiger partial charge in [0.1, 0.15) is 5.82 Å². The van der Waals surface area contributed by atoms with E-state index in [0.29, 0.717) is 0 Å². The van der Waals surface area contributed by atoms with Crippen LogP contribution in [0.25, 0.3) is 11.0 Å². The average molecular weight is 284 g/mol. The summed E-state index contributed by atoms with van der Waals surface area (Å²) in [5, 5.41) is 0. The largest absolute Gasteiger partial charge is 0.342 e. The predicted octanol–water partition coefficient (Wildman–Crippen LogP) is 2.90. The Morgan fingerprint density at radius 1 is 1.54 bits per heavy atom. The molecule has 0 saturated heterocycles. The Labute approximate surface area is 90.2 Å². The summed E-state index contributed by atoms with van der Waals surface area (Å²) in [7, 11) is 0. The molecule has 13 heavy (non-hydrogen) atoms. The van der Waals surface area contributed by atoms with E-state index in [1.807, 2.05) is 6.08 Å². The van der Waals surface area contributed by atoms with E-state index in [-0.39, 0.29) is 0 Å². The summed E-state index contributed by atoms with van der Waals surface area (Å²) in [4.78, 5) is 7.67. The molecule has 1 aromatic carbocycles. The van der Waals surface area contributed by atoms with Gasteiger partial charge >= 0.3 is 0 Å². The van der Waals surface area contributed by atoms with Crippen molar-refractivity contribution >= 4 is 33.6 Å². The van der Waals surface area contributed by atoms with E-state index in [4.69, 9.17) is 0 Å². The SMILES string of the molecule is C=CCc1nc2cc(I)ccc2[nH]1. The summed E-state index contributed by atoms with van der Waals surface area (Å²) in [5.41, 5.74) is 2.13. The minimum Gasteiger partial charge on any atom is -0.342 e. The Morgan fingerprint density at radius 2 is 2.38 bits per heavy atom. The van der Waals surface area contributed by atoms with E-state index >= 15 is 0 Å². The van der Waals surface area contributed by atoms with Gasteiger partial charge in [0.2, 0.25) is 0 Å². The number of hydrogen-bond acceptors (Lipinski definition) is 1. The summed E-state index contributed by atoms with van der Waals surface area (Å²) in [5.74, 6) is 0.979. The van der Waals surface area contributed by atoms with Crippen LogP contribution in [-0.2, 0) is 6.42 Å². The zero-order valence-corrected chi connectivity index (χ0v) is 9.21. The molecule has 2 aromatic rings. The zero-order chi connectivity index (χ0) is 9.26. The van der Waals surface area contributed by atoms with Crippen LogP contribution in [0.1, 0.15) is 5.82 Å². The van der Waals surface area contributed by atoms with Crippen molar-refractivity contribution in [3.8, 4) is 0 Å². The van der Waals surface area contributed by atoms with Crippen molar-refractivity contribution in [1.29, 1.82) is 0 Å². The van der Waals surface area contributed by atoms with E-state index in [0.717, 1.165) is 23.3 Å². The number of allylic oxidation sites excluding steroid dienone is 1. The maximum Gasteiger partial charge on any atom is 0.111 e. The fourth-order valence-electron chi connectivity index (χ4n) is 1.27. The number of benzene rings is 1. The van der Waals surface area contributed by atoms with E-state index in [1.165, 1.54) is 3.57 Å². The topological polar surface area (TPSA) is 28.7 Å². The summed E-state index contributed by atoms with van der Waals surface area (Å²) in [6.45, 7) is 3.68. The molecule has 2 nitrogen and oxygen atoms in total. The van der Waals surface area contributed by atoms with Gasteiger partial charge in [0.25, 0.3) is 0 Å². The minimum absolute atomic E-state index is 0.797. The first-order chi connectivity index (χ1) is 6.29. The Bertz CT molecular complexity index is 445. The quantitative estimate of drug-likeness (QED) is 0.666. The van der Waals surface area contributed by atoms with Crippen LogP contribution in [0.4, 0.5) is 0 Å². The van der Waals surface area contributed by atoms with Crippen LogP contribution in [0.2, 0.25) is 0 Å². The second kappa shape index (κ2) is 3.49. The number of nitrogens with zero attached hydrogens (tertiary/aromatic N) is 1. The first-order valence-electron chi connectivity index (χ1n) is 4.04.